The molecule has 122 valence electrons. The number of carbonyl (C=O) groups is 1. The van der Waals surface area contributed by atoms with Gasteiger partial charge in [-0.1, -0.05) is 22.9 Å². The first-order chi connectivity index (χ1) is 11.0. The topological polar surface area (TPSA) is 65.5 Å². The molecule has 0 radical (unpaired) electrons. The standard InChI is InChI=1S/C17H20BrN3O2/c1-2-21(10-17(22)23)14-8-13(9-14)19-16-6-3-11-7-12(18)4-5-15(11)20-16/h3-7,13-14H,2,8-10H2,1H3,(H,19,20)(H,22,23). The fraction of sp³-hybridized carbons (Fsp3) is 0.412. The van der Waals surface area contributed by atoms with Gasteiger partial charge in [0.25, 0.3) is 0 Å². The molecule has 0 amide bonds. The number of fused-ring (bicyclic) bond motifs is 1. The van der Waals surface area contributed by atoms with Crippen molar-refractivity contribution >= 4 is 38.6 Å². The molecule has 3 rings (SSSR count). The lowest BCUT2D eigenvalue weighted by atomic mass is 9.85. The number of likely N-dealkylation sites (N-methyl/N-ethyl adjacent to an activating group) is 1. The lowest BCUT2D eigenvalue weighted by Gasteiger charge is -2.42. The normalized spacial score (nSPS) is 20.5. The first kappa shape index (κ1) is 16.2. The van der Waals surface area contributed by atoms with Crippen LogP contribution < -0.4 is 5.32 Å². The Hall–Kier alpha value is -1.66. The number of halogens is 1. The quantitative estimate of drug-likeness (QED) is 0.807. The monoisotopic (exact) mass is 377 g/mol. The molecule has 1 aromatic heterocycles. The molecule has 1 fully saturated rings. The molecule has 0 atom stereocenters. The summed E-state index contributed by atoms with van der Waals surface area (Å²) in [5.74, 6) is 0.121. The van der Waals surface area contributed by atoms with Crippen molar-refractivity contribution in [1.82, 2.24) is 9.88 Å². The molecule has 23 heavy (non-hydrogen) atoms. The zero-order valence-corrected chi connectivity index (χ0v) is 14.6. The average molecular weight is 378 g/mol. The van der Waals surface area contributed by atoms with Crippen LogP contribution in [0.3, 0.4) is 0 Å². The lowest BCUT2D eigenvalue weighted by Crippen LogP contribution is -2.51. The molecule has 6 heteroatoms. The zero-order valence-electron chi connectivity index (χ0n) is 13.0. The molecule has 2 aromatic rings. The van der Waals surface area contributed by atoms with Crippen LogP contribution in [0, 0.1) is 0 Å². The van der Waals surface area contributed by atoms with E-state index in [1.165, 1.54) is 0 Å². The van der Waals surface area contributed by atoms with Crippen LogP contribution in [-0.2, 0) is 4.79 Å². The van der Waals surface area contributed by atoms with E-state index in [9.17, 15) is 4.79 Å². The summed E-state index contributed by atoms with van der Waals surface area (Å²) in [7, 11) is 0. The average Bonchev–Trinajstić information content (AvgIpc) is 2.48. The number of aromatic nitrogens is 1. The number of hydrogen-bond donors (Lipinski definition) is 2. The number of anilines is 1. The molecule has 1 heterocycles. The van der Waals surface area contributed by atoms with Crippen molar-refractivity contribution in [3.8, 4) is 0 Å². The molecule has 1 saturated carbocycles. The van der Waals surface area contributed by atoms with Gasteiger partial charge in [0.1, 0.15) is 5.82 Å². The number of carboxylic acid groups (broad SMARTS) is 1. The fourth-order valence-corrected chi connectivity index (χ4v) is 3.44. The van der Waals surface area contributed by atoms with Crippen LogP contribution in [0.5, 0.6) is 0 Å². The van der Waals surface area contributed by atoms with Gasteiger partial charge in [-0.15, -0.1) is 0 Å². The van der Waals surface area contributed by atoms with Crippen molar-refractivity contribution in [1.29, 1.82) is 0 Å². The number of carboxylic acids is 1. The van der Waals surface area contributed by atoms with Crippen molar-refractivity contribution in [3.05, 3.63) is 34.8 Å². The number of benzene rings is 1. The van der Waals surface area contributed by atoms with Crippen molar-refractivity contribution in [2.75, 3.05) is 18.4 Å². The third-order valence-corrected chi connectivity index (χ3v) is 4.87. The van der Waals surface area contributed by atoms with E-state index in [4.69, 9.17) is 5.11 Å². The minimum atomic E-state index is -0.759. The Kier molecular flexibility index (Phi) is 4.82. The summed E-state index contributed by atoms with van der Waals surface area (Å²) in [5, 5.41) is 13.5. The molecular weight excluding hydrogens is 358 g/mol. The van der Waals surface area contributed by atoms with Crippen LogP contribution in [-0.4, -0.2) is 46.1 Å². The molecule has 2 N–H and O–H groups in total. The predicted octanol–water partition coefficient (Wildman–Crippen LogP) is 3.35. The maximum atomic E-state index is 10.9. The Morgan fingerprint density at radius 1 is 1.39 bits per heavy atom. The number of nitrogens with one attached hydrogen (secondary N) is 1. The highest BCUT2D eigenvalue weighted by Gasteiger charge is 2.33. The second-order valence-electron chi connectivity index (χ2n) is 5.96. The van der Waals surface area contributed by atoms with E-state index in [1.54, 1.807) is 0 Å². The van der Waals surface area contributed by atoms with Crippen molar-refractivity contribution < 1.29 is 9.90 Å². The molecule has 0 spiro atoms. The summed E-state index contributed by atoms with van der Waals surface area (Å²) in [6.45, 7) is 2.90. The van der Waals surface area contributed by atoms with Gasteiger partial charge in [-0.05, 0) is 49.7 Å². The second kappa shape index (κ2) is 6.84. The smallest absolute Gasteiger partial charge is 0.317 e. The maximum Gasteiger partial charge on any atom is 0.317 e. The molecule has 5 nitrogen and oxygen atoms in total. The van der Waals surface area contributed by atoms with Gasteiger partial charge >= 0.3 is 5.97 Å². The van der Waals surface area contributed by atoms with Crippen molar-refractivity contribution in [3.63, 3.8) is 0 Å². The summed E-state index contributed by atoms with van der Waals surface area (Å²) in [5.41, 5.74) is 0.968. The van der Waals surface area contributed by atoms with Crippen LogP contribution in [0.4, 0.5) is 5.82 Å². The van der Waals surface area contributed by atoms with E-state index < -0.39 is 5.97 Å². The van der Waals surface area contributed by atoms with Crippen LogP contribution in [0.15, 0.2) is 34.8 Å². The van der Waals surface area contributed by atoms with Gasteiger partial charge in [0.2, 0.25) is 0 Å². The molecule has 1 aliphatic carbocycles. The van der Waals surface area contributed by atoms with Gasteiger partial charge in [-0.3, -0.25) is 9.69 Å². The van der Waals surface area contributed by atoms with Crippen LogP contribution in [0.2, 0.25) is 0 Å². The van der Waals surface area contributed by atoms with Gasteiger partial charge in [0, 0.05) is 21.9 Å². The van der Waals surface area contributed by atoms with E-state index in [2.05, 4.69) is 38.4 Å². The first-order valence-corrected chi connectivity index (χ1v) is 8.63. The van der Waals surface area contributed by atoms with E-state index in [-0.39, 0.29) is 6.54 Å². The summed E-state index contributed by atoms with van der Waals surface area (Å²) in [4.78, 5) is 17.5. The van der Waals surface area contributed by atoms with Gasteiger partial charge in [0.15, 0.2) is 0 Å². The van der Waals surface area contributed by atoms with E-state index in [0.29, 0.717) is 12.1 Å². The number of rotatable bonds is 6. The fourth-order valence-electron chi connectivity index (χ4n) is 3.06. The number of pyridine rings is 1. The van der Waals surface area contributed by atoms with Crippen molar-refractivity contribution in [2.45, 2.75) is 31.8 Å². The van der Waals surface area contributed by atoms with Crippen LogP contribution in [0.25, 0.3) is 10.9 Å². The van der Waals surface area contributed by atoms with Gasteiger partial charge in [0.05, 0.1) is 12.1 Å². The minimum Gasteiger partial charge on any atom is -0.480 e. The molecule has 0 aliphatic heterocycles. The molecular formula is C17H20BrN3O2. The number of nitrogens with zero attached hydrogens (tertiary/aromatic N) is 2. The van der Waals surface area contributed by atoms with Crippen LogP contribution in [0.1, 0.15) is 19.8 Å². The highest BCUT2D eigenvalue weighted by atomic mass is 79.9. The second-order valence-corrected chi connectivity index (χ2v) is 6.87. The van der Waals surface area contributed by atoms with E-state index in [1.807, 2.05) is 30.0 Å². The predicted molar refractivity (Wildman–Crippen MR) is 94.8 cm³/mol. The van der Waals surface area contributed by atoms with Gasteiger partial charge < -0.3 is 10.4 Å². The summed E-state index contributed by atoms with van der Waals surface area (Å²) < 4.78 is 1.05. The van der Waals surface area contributed by atoms with Gasteiger partial charge in [-0.2, -0.15) is 0 Å². The summed E-state index contributed by atoms with van der Waals surface area (Å²) >= 11 is 3.47. The Labute approximate surface area is 143 Å². The number of hydrogen-bond acceptors (Lipinski definition) is 4. The SMILES string of the molecule is CCN(CC(=O)O)C1CC(Nc2ccc3cc(Br)ccc3n2)C1. The first-order valence-electron chi connectivity index (χ1n) is 7.84. The lowest BCUT2D eigenvalue weighted by molar-refractivity contribution is -0.139. The largest absolute Gasteiger partial charge is 0.480 e. The Bertz CT molecular complexity index is 716. The number of aliphatic carboxylic acids is 1. The molecule has 1 aromatic carbocycles. The highest BCUT2D eigenvalue weighted by Crippen LogP contribution is 2.29. The summed E-state index contributed by atoms with van der Waals surface area (Å²) in [6.07, 6.45) is 1.92. The Balaban J connectivity index is 1.59. The molecule has 1 aliphatic rings. The minimum absolute atomic E-state index is 0.122. The third-order valence-electron chi connectivity index (χ3n) is 4.38. The third kappa shape index (κ3) is 3.82. The summed E-state index contributed by atoms with van der Waals surface area (Å²) in [6, 6.07) is 10.8. The molecule has 0 bridgehead atoms. The zero-order chi connectivity index (χ0) is 16.4. The Morgan fingerprint density at radius 3 is 2.87 bits per heavy atom. The highest BCUT2D eigenvalue weighted by molar-refractivity contribution is 9.10. The Morgan fingerprint density at radius 2 is 2.17 bits per heavy atom. The van der Waals surface area contributed by atoms with E-state index >= 15 is 0 Å². The molecule has 0 saturated heterocycles. The molecule has 0 unspecified atom stereocenters. The van der Waals surface area contributed by atoms with Gasteiger partial charge in [-0.25, -0.2) is 4.98 Å². The van der Waals surface area contributed by atoms with Crippen molar-refractivity contribution in [2.24, 2.45) is 0 Å². The van der Waals surface area contributed by atoms with Crippen LogP contribution >= 0.6 is 15.9 Å². The van der Waals surface area contributed by atoms with E-state index in [0.717, 1.165) is 40.6 Å². The maximum absolute atomic E-state index is 10.9.